The summed E-state index contributed by atoms with van der Waals surface area (Å²) >= 11 is 0. The molecule has 1 aliphatic carbocycles. The number of nitriles is 1. The van der Waals surface area contributed by atoms with Crippen LogP contribution in [0.25, 0.3) is 0 Å². The molecule has 0 aromatic heterocycles. The van der Waals surface area contributed by atoms with Gasteiger partial charge >= 0.3 is 12.0 Å². The van der Waals surface area contributed by atoms with Crippen LogP contribution in [0.3, 0.4) is 0 Å². The molecule has 0 heterocycles. The van der Waals surface area contributed by atoms with Crippen LogP contribution in [0.15, 0.2) is 24.3 Å². The highest BCUT2D eigenvalue weighted by atomic mass is 16.6. The molecule has 1 aromatic rings. The Balaban J connectivity index is 1.77. The summed E-state index contributed by atoms with van der Waals surface area (Å²) in [5.74, 6) is -1.05. The van der Waals surface area contributed by atoms with E-state index in [9.17, 15) is 14.4 Å². The second-order valence-corrected chi connectivity index (χ2v) is 6.42. The van der Waals surface area contributed by atoms with Crippen LogP contribution in [0, 0.1) is 11.3 Å². The van der Waals surface area contributed by atoms with Gasteiger partial charge in [-0.3, -0.25) is 10.1 Å². The third kappa shape index (κ3) is 6.29. The number of hydrogen-bond acceptors (Lipinski definition) is 6. The van der Waals surface area contributed by atoms with Crippen molar-refractivity contribution in [1.29, 1.82) is 5.26 Å². The molecule has 2 atom stereocenters. The van der Waals surface area contributed by atoms with Crippen LogP contribution in [0.2, 0.25) is 0 Å². The zero-order chi connectivity index (χ0) is 19.8. The minimum atomic E-state index is -1.14. The van der Waals surface area contributed by atoms with Gasteiger partial charge in [-0.1, -0.05) is 12.8 Å². The molecular weight excluding hydrogens is 350 g/mol. The molecule has 2 N–H and O–H groups in total. The summed E-state index contributed by atoms with van der Waals surface area (Å²) in [7, 11) is 0. The van der Waals surface area contributed by atoms with E-state index in [1.165, 1.54) is 13.8 Å². The zero-order valence-electron chi connectivity index (χ0n) is 15.4. The van der Waals surface area contributed by atoms with Crippen LogP contribution in [-0.2, 0) is 14.3 Å². The Morgan fingerprint density at radius 1 is 1.11 bits per heavy atom. The average molecular weight is 373 g/mol. The number of hydrogen-bond donors (Lipinski definition) is 2. The fourth-order valence-corrected chi connectivity index (χ4v) is 2.69. The number of nitrogens with zero attached hydrogens (tertiary/aromatic N) is 1. The molecule has 144 valence electrons. The molecule has 0 radical (unpaired) electrons. The molecule has 0 bridgehead atoms. The Kier molecular flexibility index (Phi) is 7.17. The van der Waals surface area contributed by atoms with E-state index in [2.05, 4.69) is 10.6 Å². The number of imide groups is 1. The molecule has 0 spiro atoms. The smallest absolute Gasteiger partial charge is 0.347 e. The van der Waals surface area contributed by atoms with Gasteiger partial charge in [0.2, 0.25) is 0 Å². The number of carbonyl (C=O) groups excluding carboxylic acids is 3. The number of nitrogens with one attached hydrogen (secondary N) is 2. The highest BCUT2D eigenvalue weighted by Crippen LogP contribution is 2.17. The van der Waals surface area contributed by atoms with Gasteiger partial charge < -0.3 is 14.8 Å². The van der Waals surface area contributed by atoms with E-state index in [-0.39, 0.29) is 6.04 Å². The molecule has 27 heavy (non-hydrogen) atoms. The lowest BCUT2D eigenvalue weighted by Crippen LogP contribution is -2.47. The summed E-state index contributed by atoms with van der Waals surface area (Å²) in [4.78, 5) is 35.9. The maximum absolute atomic E-state index is 12.1. The van der Waals surface area contributed by atoms with Crippen molar-refractivity contribution >= 4 is 17.9 Å². The predicted molar refractivity (Wildman–Crippen MR) is 95.7 cm³/mol. The van der Waals surface area contributed by atoms with E-state index in [1.54, 1.807) is 24.3 Å². The lowest BCUT2D eigenvalue weighted by Gasteiger charge is -2.18. The summed E-state index contributed by atoms with van der Waals surface area (Å²) in [6, 6.07) is 7.72. The molecule has 0 aliphatic heterocycles. The van der Waals surface area contributed by atoms with Gasteiger partial charge in [0.15, 0.2) is 12.2 Å². The van der Waals surface area contributed by atoms with E-state index >= 15 is 0 Å². The molecule has 0 unspecified atom stereocenters. The number of urea groups is 1. The molecule has 1 fully saturated rings. The summed E-state index contributed by atoms with van der Waals surface area (Å²) in [5, 5.41) is 13.7. The maximum Gasteiger partial charge on any atom is 0.347 e. The van der Waals surface area contributed by atoms with Crippen LogP contribution in [0.5, 0.6) is 5.75 Å². The van der Waals surface area contributed by atoms with Crippen LogP contribution < -0.4 is 15.4 Å². The highest BCUT2D eigenvalue weighted by molar-refractivity contribution is 5.97. The number of rotatable bonds is 6. The second kappa shape index (κ2) is 9.57. The number of ether oxygens (including phenoxy) is 2. The standard InChI is InChI=1S/C19H23N3O5/c1-12(17(23)22-19(25)21-15-5-3-4-6-15)27-18(24)13(2)26-16-9-7-14(11-20)8-10-16/h7-10,12-13,15H,3-6H2,1-2H3,(H2,21,22,23,25)/t12-,13+/m1/s1. The van der Waals surface area contributed by atoms with Gasteiger partial charge in [-0.2, -0.15) is 5.26 Å². The highest BCUT2D eigenvalue weighted by Gasteiger charge is 2.25. The molecule has 3 amide bonds. The average Bonchev–Trinajstić information content (AvgIpc) is 3.14. The molecule has 1 saturated carbocycles. The Morgan fingerprint density at radius 3 is 2.33 bits per heavy atom. The SMILES string of the molecule is C[C@H](Oc1ccc(C#N)cc1)C(=O)O[C@H](C)C(=O)NC(=O)NC1CCCC1. The van der Waals surface area contributed by atoms with Crippen molar-refractivity contribution in [3.63, 3.8) is 0 Å². The number of benzene rings is 1. The molecule has 1 aliphatic rings. The van der Waals surface area contributed by atoms with Crippen LogP contribution in [-0.4, -0.2) is 36.2 Å². The lowest BCUT2D eigenvalue weighted by atomic mass is 10.2. The quantitative estimate of drug-likeness (QED) is 0.737. The third-order valence-electron chi connectivity index (χ3n) is 4.22. The second-order valence-electron chi connectivity index (χ2n) is 6.42. The van der Waals surface area contributed by atoms with E-state index in [0.717, 1.165) is 25.7 Å². The van der Waals surface area contributed by atoms with Gasteiger partial charge in [0.05, 0.1) is 11.6 Å². The number of amides is 3. The first-order chi connectivity index (χ1) is 12.9. The van der Waals surface area contributed by atoms with Crippen molar-refractivity contribution < 1.29 is 23.9 Å². The maximum atomic E-state index is 12.1. The van der Waals surface area contributed by atoms with Crippen LogP contribution >= 0.6 is 0 Å². The first-order valence-electron chi connectivity index (χ1n) is 8.87. The van der Waals surface area contributed by atoms with E-state index in [1.807, 2.05) is 6.07 Å². The fraction of sp³-hybridized carbons (Fsp3) is 0.474. The first-order valence-corrected chi connectivity index (χ1v) is 8.87. The van der Waals surface area contributed by atoms with Crippen molar-refractivity contribution in [1.82, 2.24) is 10.6 Å². The normalized spacial score (nSPS) is 15.9. The van der Waals surface area contributed by atoms with Gasteiger partial charge in [0.25, 0.3) is 5.91 Å². The summed E-state index contributed by atoms with van der Waals surface area (Å²) in [6.45, 7) is 2.86. The monoisotopic (exact) mass is 373 g/mol. The summed E-state index contributed by atoms with van der Waals surface area (Å²) in [5.41, 5.74) is 0.471. The van der Waals surface area contributed by atoms with Crippen LogP contribution in [0.1, 0.15) is 45.1 Å². The van der Waals surface area contributed by atoms with Crippen molar-refractivity contribution in [2.45, 2.75) is 57.8 Å². The molecule has 2 rings (SSSR count). The van der Waals surface area contributed by atoms with Crippen molar-refractivity contribution in [3.05, 3.63) is 29.8 Å². The predicted octanol–water partition coefficient (Wildman–Crippen LogP) is 2.03. The first kappa shape index (κ1) is 20.2. The molecular formula is C19H23N3O5. The Hall–Kier alpha value is -3.08. The van der Waals surface area contributed by atoms with Crippen molar-refractivity contribution in [2.75, 3.05) is 0 Å². The van der Waals surface area contributed by atoms with Crippen LogP contribution in [0.4, 0.5) is 4.79 Å². The van der Waals surface area contributed by atoms with Crippen molar-refractivity contribution in [2.24, 2.45) is 0 Å². The molecule has 8 heteroatoms. The molecule has 8 nitrogen and oxygen atoms in total. The minimum Gasteiger partial charge on any atom is -0.479 e. The third-order valence-corrected chi connectivity index (χ3v) is 4.22. The lowest BCUT2D eigenvalue weighted by molar-refractivity contribution is -0.160. The van der Waals surface area contributed by atoms with Gasteiger partial charge in [0, 0.05) is 6.04 Å². The van der Waals surface area contributed by atoms with Gasteiger partial charge in [-0.15, -0.1) is 0 Å². The minimum absolute atomic E-state index is 0.0801. The molecule has 0 saturated heterocycles. The number of carbonyl (C=O) groups is 3. The fourth-order valence-electron chi connectivity index (χ4n) is 2.69. The topological polar surface area (TPSA) is 118 Å². The Bertz CT molecular complexity index is 720. The van der Waals surface area contributed by atoms with Gasteiger partial charge in [-0.05, 0) is 51.0 Å². The Morgan fingerprint density at radius 2 is 1.74 bits per heavy atom. The van der Waals surface area contributed by atoms with Crippen molar-refractivity contribution in [3.8, 4) is 11.8 Å². The summed E-state index contributed by atoms with van der Waals surface area (Å²) < 4.78 is 10.5. The largest absolute Gasteiger partial charge is 0.479 e. The Labute approximate surface area is 157 Å². The van der Waals surface area contributed by atoms with E-state index in [4.69, 9.17) is 14.7 Å². The van der Waals surface area contributed by atoms with E-state index in [0.29, 0.717) is 11.3 Å². The van der Waals surface area contributed by atoms with E-state index < -0.39 is 30.1 Å². The molecule has 1 aromatic carbocycles. The van der Waals surface area contributed by atoms with Gasteiger partial charge in [-0.25, -0.2) is 9.59 Å². The number of esters is 1. The summed E-state index contributed by atoms with van der Waals surface area (Å²) in [6.07, 6.45) is 1.82. The van der Waals surface area contributed by atoms with Gasteiger partial charge in [0.1, 0.15) is 5.75 Å². The zero-order valence-corrected chi connectivity index (χ0v) is 15.4.